The molecule has 0 aromatic heterocycles. The van der Waals surface area contributed by atoms with Crippen LogP contribution in [0.1, 0.15) is 12.0 Å². The summed E-state index contributed by atoms with van der Waals surface area (Å²) < 4.78 is 13.6. The summed E-state index contributed by atoms with van der Waals surface area (Å²) in [5.74, 6) is -0.0375. The van der Waals surface area contributed by atoms with Crippen molar-refractivity contribution >= 4 is 5.69 Å². The number of anilines is 1. The van der Waals surface area contributed by atoms with Crippen LogP contribution in [0.25, 0.3) is 0 Å². The Kier molecular flexibility index (Phi) is 2.13. The molecule has 0 saturated carbocycles. The molecule has 1 aromatic carbocycles. The first kappa shape index (κ1) is 9.16. The zero-order chi connectivity index (χ0) is 10.3. The van der Waals surface area contributed by atoms with Gasteiger partial charge >= 0.3 is 0 Å². The number of fused-ring (bicyclic) bond motifs is 1. The van der Waals surface area contributed by atoms with Crippen LogP contribution in [0.2, 0.25) is 0 Å². The summed E-state index contributed by atoms with van der Waals surface area (Å²) in [7, 11) is 0. The molecule has 0 atom stereocenters. The van der Waals surface area contributed by atoms with E-state index < -0.39 is 0 Å². The molecule has 0 unspecified atom stereocenters. The summed E-state index contributed by atoms with van der Waals surface area (Å²) in [6, 6.07) is 6.02. The monoisotopic (exact) mass is 206 g/mol. The molecule has 15 heavy (non-hydrogen) atoms. The van der Waals surface area contributed by atoms with Crippen molar-refractivity contribution in [1.29, 1.82) is 0 Å². The standard InChI is InChI=1S/C12H15FN2/c13-11-4-1-5-12-10(11)3-2-6-15(12)9-7-14-8-9/h1,4-5,9,14H,2-3,6-8H2. The fraction of sp³-hybridized carbons (Fsp3) is 0.500. The Morgan fingerprint density at radius 2 is 2.20 bits per heavy atom. The molecule has 0 radical (unpaired) electrons. The quantitative estimate of drug-likeness (QED) is 0.750. The highest BCUT2D eigenvalue weighted by Gasteiger charge is 2.29. The zero-order valence-electron chi connectivity index (χ0n) is 8.67. The minimum absolute atomic E-state index is 0.0375. The van der Waals surface area contributed by atoms with E-state index in [0.29, 0.717) is 6.04 Å². The first-order chi connectivity index (χ1) is 7.36. The van der Waals surface area contributed by atoms with Crippen molar-refractivity contribution in [2.24, 2.45) is 0 Å². The van der Waals surface area contributed by atoms with E-state index >= 15 is 0 Å². The van der Waals surface area contributed by atoms with Crippen molar-refractivity contribution < 1.29 is 4.39 Å². The van der Waals surface area contributed by atoms with Gasteiger partial charge in [0, 0.05) is 30.9 Å². The highest BCUT2D eigenvalue weighted by molar-refractivity contribution is 5.57. The van der Waals surface area contributed by atoms with E-state index in [1.165, 1.54) is 0 Å². The number of benzene rings is 1. The van der Waals surface area contributed by atoms with E-state index in [0.717, 1.165) is 43.7 Å². The molecule has 2 aliphatic heterocycles. The largest absolute Gasteiger partial charge is 0.366 e. The van der Waals surface area contributed by atoms with Gasteiger partial charge in [-0.1, -0.05) is 6.07 Å². The highest BCUT2D eigenvalue weighted by atomic mass is 19.1. The smallest absolute Gasteiger partial charge is 0.128 e. The third-order valence-electron chi connectivity index (χ3n) is 3.43. The van der Waals surface area contributed by atoms with Gasteiger partial charge in [0.05, 0.1) is 6.04 Å². The molecule has 2 heterocycles. The minimum Gasteiger partial charge on any atom is -0.366 e. The molecule has 1 saturated heterocycles. The van der Waals surface area contributed by atoms with E-state index in [2.05, 4.69) is 16.3 Å². The molecule has 80 valence electrons. The average molecular weight is 206 g/mol. The van der Waals surface area contributed by atoms with Crippen LogP contribution in [-0.2, 0) is 6.42 Å². The van der Waals surface area contributed by atoms with Gasteiger partial charge in [0.15, 0.2) is 0 Å². The van der Waals surface area contributed by atoms with E-state index in [1.807, 2.05) is 6.07 Å². The van der Waals surface area contributed by atoms with Gasteiger partial charge in [0.25, 0.3) is 0 Å². The van der Waals surface area contributed by atoms with E-state index in [9.17, 15) is 4.39 Å². The minimum atomic E-state index is -0.0375. The summed E-state index contributed by atoms with van der Waals surface area (Å²) in [4.78, 5) is 2.36. The lowest BCUT2D eigenvalue weighted by molar-refractivity contribution is 0.403. The molecule has 0 bridgehead atoms. The lowest BCUT2D eigenvalue weighted by Crippen LogP contribution is -2.58. The summed E-state index contributed by atoms with van der Waals surface area (Å²) >= 11 is 0. The summed E-state index contributed by atoms with van der Waals surface area (Å²) in [5.41, 5.74) is 2.03. The third kappa shape index (κ3) is 1.42. The van der Waals surface area contributed by atoms with Gasteiger partial charge in [-0.25, -0.2) is 4.39 Å². The molecule has 1 aromatic rings. The van der Waals surface area contributed by atoms with Gasteiger partial charge in [-0.3, -0.25) is 0 Å². The van der Waals surface area contributed by atoms with Crippen molar-refractivity contribution in [2.75, 3.05) is 24.5 Å². The van der Waals surface area contributed by atoms with E-state index in [1.54, 1.807) is 6.07 Å². The average Bonchev–Trinajstić information content (AvgIpc) is 2.17. The maximum atomic E-state index is 13.6. The molecule has 1 fully saturated rings. The molecule has 0 aliphatic carbocycles. The predicted molar refractivity (Wildman–Crippen MR) is 58.7 cm³/mol. The number of hydrogen-bond acceptors (Lipinski definition) is 2. The molecule has 0 spiro atoms. The molecule has 0 amide bonds. The number of rotatable bonds is 1. The number of nitrogens with one attached hydrogen (secondary N) is 1. The maximum Gasteiger partial charge on any atom is 0.128 e. The number of hydrogen-bond donors (Lipinski definition) is 1. The third-order valence-corrected chi connectivity index (χ3v) is 3.43. The van der Waals surface area contributed by atoms with Crippen LogP contribution in [0.4, 0.5) is 10.1 Å². The first-order valence-corrected chi connectivity index (χ1v) is 5.61. The van der Waals surface area contributed by atoms with Crippen LogP contribution in [-0.4, -0.2) is 25.7 Å². The first-order valence-electron chi connectivity index (χ1n) is 5.61. The van der Waals surface area contributed by atoms with Gasteiger partial charge in [0.2, 0.25) is 0 Å². The van der Waals surface area contributed by atoms with Crippen LogP contribution in [0.3, 0.4) is 0 Å². The molecular weight excluding hydrogens is 191 g/mol. The topological polar surface area (TPSA) is 15.3 Å². The Morgan fingerprint density at radius 1 is 1.33 bits per heavy atom. The van der Waals surface area contributed by atoms with Crippen molar-refractivity contribution in [3.8, 4) is 0 Å². The lowest BCUT2D eigenvalue weighted by Gasteiger charge is -2.42. The second-order valence-electron chi connectivity index (χ2n) is 4.35. The van der Waals surface area contributed by atoms with Crippen molar-refractivity contribution in [1.82, 2.24) is 5.32 Å². The Hall–Kier alpha value is -1.09. The van der Waals surface area contributed by atoms with Gasteiger partial charge < -0.3 is 10.2 Å². The van der Waals surface area contributed by atoms with Crippen LogP contribution in [0, 0.1) is 5.82 Å². The summed E-state index contributed by atoms with van der Waals surface area (Å²) in [6.07, 6.45) is 1.96. The fourth-order valence-electron chi connectivity index (χ4n) is 2.48. The Labute approximate surface area is 89.1 Å². The Bertz CT molecular complexity index is 374. The van der Waals surface area contributed by atoms with Gasteiger partial charge in [-0.15, -0.1) is 0 Å². The van der Waals surface area contributed by atoms with E-state index in [-0.39, 0.29) is 5.82 Å². The second kappa shape index (κ2) is 3.49. The Balaban J connectivity index is 1.98. The summed E-state index contributed by atoms with van der Waals surface area (Å²) in [6.45, 7) is 3.15. The molecule has 2 aliphatic rings. The van der Waals surface area contributed by atoms with Gasteiger partial charge in [0.1, 0.15) is 5.82 Å². The van der Waals surface area contributed by atoms with Crippen molar-refractivity contribution in [2.45, 2.75) is 18.9 Å². The van der Waals surface area contributed by atoms with E-state index in [4.69, 9.17) is 0 Å². The van der Waals surface area contributed by atoms with Crippen LogP contribution >= 0.6 is 0 Å². The molecule has 1 N–H and O–H groups in total. The maximum absolute atomic E-state index is 13.6. The predicted octanol–water partition coefficient (Wildman–Crippen LogP) is 1.55. The van der Waals surface area contributed by atoms with Crippen molar-refractivity contribution in [3.05, 3.63) is 29.6 Å². The number of halogens is 1. The zero-order valence-corrected chi connectivity index (χ0v) is 8.67. The van der Waals surface area contributed by atoms with Crippen LogP contribution < -0.4 is 10.2 Å². The SMILES string of the molecule is Fc1cccc2c1CCCN2C1CNC1. The van der Waals surface area contributed by atoms with Crippen LogP contribution in [0.5, 0.6) is 0 Å². The summed E-state index contributed by atoms with van der Waals surface area (Å²) in [5, 5.41) is 3.27. The second-order valence-corrected chi connectivity index (χ2v) is 4.35. The van der Waals surface area contributed by atoms with Crippen molar-refractivity contribution in [3.63, 3.8) is 0 Å². The molecule has 3 rings (SSSR count). The van der Waals surface area contributed by atoms with Crippen LogP contribution in [0.15, 0.2) is 18.2 Å². The number of nitrogens with zero attached hydrogens (tertiary/aromatic N) is 1. The normalized spacial score (nSPS) is 21.0. The molecule has 2 nitrogen and oxygen atoms in total. The highest BCUT2D eigenvalue weighted by Crippen LogP contribution is 2.31. The van der Waals surface area contributed by atoms with Gasteiger partial charge in [-0.2, -0.15) is 0 Å². The lowest BCUT2D eigenvalue weighted by atomic mass is 9.98. The fourth-order valence-corrected chi connectivity index (χ4v) is 2.48. The molecule has 3 heteroatoms. The van der Waals surface area contributed by atoms with Gasteiger partial charge in [-0.05, 0) is 25.0 Å². The molecular formula is C12H15FN2. The Morgan fingerprint density at radius 3 is 2.93 bits per heavy atom.